The van der Waals surface area contributed by atoms with Crippen molar-refractivity contribution in [1.29, 1.82) is 0 Å². The van der Waals surface area contributed by atoms with E-state index in [1.54, 1.807) is 7.11 Å². The summed E-state index contributed by atoms with van der Waals surface area (Å²) in [6, 6.07) is 12.7. The highest BCUT2D eigenvalue weighted by Crippen LogP contribution is 2.33. The van der Waals surface area contributed by atoms with Crippen LogP contribution in [0.15, 0.2) is 40.9 Å². The fourth-order valence-corrected chi connectivity index (χ4v) is 3.56. The van der Waals surface area contributed by atoms with Gasteiger partial charge in [-0.1, -0.05) is 41.6 Å². The smallest absolute Gasteiger partial charge is 0.223 e. The Bertz CT molecular complexity index is 859. The number of rotatable bonds is 4. The van der Waals surface area contributed by atoms with Crippen LogP contribution in [0.5, 0.6) is 5.75 Å². The van der Waals surface area contributed by atoms with E-state index in [-0.39, 0.29) is 0 Å². The van der Waals surface area contributed by atoms with Gasteiger partial charge in [-0.05, 0) is 18.4 Å². The molecule has 0 radical (unpaired) electrons. The molecule has 124 valence electrons. The highest BCUT2D eigenvalue weighted by Gasteiger charge is 2.28. The molecule has 1 aromatic heterocycles. The van der Waals surface area contributed by atoms with Gasteiger partial charge in [0.1, 0.15) is 5.75 Å². The van der Waals surface area contributed by atoms with Crippen LogP contribution in [0.3, 0.4) is 0 Å². The van der Waals surface area contributed by atoms with Gasteiger partial charge in [-0.15, -0.1) is 0 Å². The van der Waals surface area contributed by atoms with Crippen LogP contribution in [0.1, 0.15) is 29.6 Å². The lowest BCUT2D eigenvalue weighted by Gasteiger charge is -2.18. The first-order chi connectivity index (χ1) is 11.7. The van der Waals surface area contributed by atoms with Crippen LogP contribution in [0.25, 0.3) is 10.8 Å². The molecule has 1 unspecified atom stereocenters. The Kier molecular flexibility index (Phi) is 3.94. The maximum atomic E-state index is 5.72. The van der Waals surface area contributed by atoms with Crippen LogP contribution in [0.2, 0.25) is 0 Å². The quantitative estimate of drug-likeness (QED) is 0.735. The van der Waals surface area contributed by atoms with Crippen LogP contribution >= 0.6 is 0 Å². The lowest BCUT2D eigenvalue weighted by molar-refractivity contribution is 0.315. The molecule has 0 aliphatic carbocycles. The van der Waals surface area contributed by atoms with Crippen molar-refractivity contribution in [2.24, 2.45) is 0 Å². The van der Waals surface area contributed by atoms with Gasteiger partial charge >= 0.3 is 0 Å². The Hall–Kier alpha value is -2.40. The van der Waals surface area contributed by atoms with E-state index in [0.717, 1.165) is 37.6 Å². The molecule has 0 N–H and O–H groups in total. The zero-order valence-electron chi connectivity index (χ0n) is 14.0. The second-order valence-corrected chi connectivity index (χ2v) is 6.37. The standard InChI is InChI=1S/C19H21N3O2/c1-13-20-19(21-24-13)16-9-10-22(12-16)11-15-8-7-14-5-3-4-6-17(14)18(15)23-2/h3-8,16H,9-12H2,1-2H3. The molecular weight excluding hydrogens is 302 g/mol. The molecular formula is C19H21N3O2. The molecule has 24 heavy (non-hydrogen) atoms. The Labute approximate surface area is 141 Å². The fraction of sp³-hybridized carbons (Fsp3) is 0.368. The Morgan fingerprint density at radius 1 is 1.25 bits per heavy atom. The van der Waals surface area contributed by atoms with Crippen molar-refractivity contribution in [1.82, 2.24) is 15.0 Å². The minimum atomic E-state index is 0.355. The second kappa shape index (κ2) is 6.24. The van der Waals surface area contributed by atoms with Crippen molar-refractivity contribution in [2.75, 3.05) is 20.2 Å². The first-order valence-electron chi connectivity index (χ1n) is 8.32. The predicted molar refractivity (Wildman–Crippen MR) is 92.2 cm³/mol. The van der Waals surface area contributed by atoms with Crippen molar-refractivity contribution in [3.8, 4) is 5.75 Å². The lowest BCUT2D eigenvalue weighted by Crippen LogP contribution is -2.20. The minimum Gasteiger partial charge on any atom is -0.496 e. The molecule has 3 aromatic rings. The monoisotopic (exact) mass is 323 g/mol. The van der Waals surface area contributed by atoms with Crippen molar-refractivity contribution in [2.45, 2.75) is 25.8 Å². The van der Waals surface area contributed by atoms with E-state index in [1.165, 1.54) is 16.3 Å². The number of aromatic nitrogens is 2. The first-order valence-corrected chi connectivity index (χ1v) is 8.32. The number of hydrogen-bond donors (Lipinski definition) is 0. The highest BCUT2D eigenvalue weighted by atomic mass is 16.5. The molecule has 5 nitrogen and oxygen atoms in total. The SMILES string of the molecule is COc1c(CN2CCC(c3noc(C)n3)C2)ccc2ccccc12. The van der Waals surface area contributed by atoms with E-state index in [0.29, 0.717) is 11.8 Å². The molecule has 0 amide bonds. The van der Waals surface area contributed by atoms with E-state index < -0.39 is 0 Å². The van der Waals surface area contributed by atoms with Gasteiger partial charge in [0, 0.05) is 36.9 Å². The van der Waals surface area contributed by atoms with Crippen LogP contribution in [0, 0.1) is 6.92 Å². The van der Waals surface area contributed by atoms with Crippen LogP contribution < -0.4 is 4.74 Å². The van der Waals surface area contributed by atoms with E-state index in [2.05, 4.69) is 51.4 Å². The summed E-state index contributed by atoms with van der Waals surface area (Å²) in [5.41, 5.74) is 1.22. The average Bonchev–Trinajstić information content (AvgIpc) is 3.23. The van der Waals surface area contributed by atoms with Crippen molar-refractivity contribution in [3.63, 3.8) is 0 Å². The molecule has 2 heterocycles. The number of aryl methyl sites for hydroxylation is 1. The zero-order chi connectivity index (χ0) is 16.5. The summed E-state index contributed by atoms with van der Waals surface area (Å²) in [4.78, 5) is 6.81. The largest absolute Gasteiger partial charge is 0.496 e. The molecule has 0 bridgehead atoms. The number of likely N-dealkylation sites (tertiary alicyclic amines) is 1. The summed E-state index contributed by atoms with van der Waals surface area (Å²) in [7, 11) is 1.75. The molecule has 1 saturated heterocycles. The summed E-state index contributed by atoms with van der Waals surface area (Å²) in [6.07, 6.45) is 1.06. The molecule has 0 saturated carbocycles. The van der Waals surface area contributed by atoms with Crippen LogP contribution in [-0.2, 0) is 6.54 Å². The summed E-state index contributed by atoms with van der Waals surface area (Å²) >= 11 is 0. The summed E-state index contributed by atoms with van der Waals surface area (Å²) < 4.78 is 10.8. The number of fused-ring (bicyclic) bond motifs is 1. The predicted octanol–water partition coefficient (Wildman–Crippen LogP) is 3.53. The van der Waals surface area contributed by atoms with Gasteiger partial charge < -0.3 is 9.26 Å². The molecule has 2 aromatic carbocycles. The van der Waals surface area contributed by atoms with Crippen molar-refractivity contribution < 1.29 is 9.26 Å². The summed E-state index contributed by atoms with van der Waals surface area (Å²) in [5.74, 6) is 2.81. The number of nitrogens with zero attached hydrogens (tertiary/aromatic N) is 3. The van der Waals surface area contributed by atoms with Gasteiger partial charge in [0.05, 0.1) is 7.11 Å². The molecule has 0 spiro atoms. The molecule has 4 rings (SSSR count). The maximum Gasteiger partial charge on any atom is 0.223 e. The average molecular weight is 323 g/mol. The number of ether oxygens (including phenoxy) is 1. The third-order valence-electron chi connectivity index (χ3n) is 4.74. The van der Waals surface area contributed by atoms with Gasteiger partial charge in [-0.2, -0.15) is 4.98 Å². The van der Waals surface area contributed by atoms with Gasteiger partial charge in [-0.25, -0.2) is 0 Å². The highest BCUT2D eigenvalue weighted by molar-refractivity contribution is 5.89. The van der Waals surface area contributed by atoms with Crippen LogP contribution in [0.4, 0.5) is 0 Å². The third kappa shape index (κ3) is 2.76. The van der Waals surface area contributed by atoms with Crippen molar-refractivity contribution in [3.05, 3.63) is 53.7 Å². The van der Waals surface area contributed by atoms with Crippen molar-refractivity contribution >= 4 is 10.8 Å². The van der Waals surface area contributed by atoms with Gasteiger partial charge in [0.15, 0.2) is 5.82 Å². The zero-order valence-corrected chi connectivity index (χ0v) is 14.0. The first kappa shape index (κ1) is 15.1. The Morgan fingerprint density at radius 2 is 2.12 bits per heavy atom. The topological polar surface area (TPSA) is 51.4 Å². The van der Waals surface area contributed by atoms with Gasteiger partial charge in [0.25, 0.3) is 0 Å². The lowest BCUT2D eigenvalue weighted by atomic mass is 10.0. The van der Waals surface area contributed by atoms with E-state index in [1.807, 2.05) is 6.92 Å². The molecule has 5 heteroatoms. The number of hydrogen-bond acceptors (Lipinski definition) is 5. The fourth-order valence-electron chi connectivity index (χ4n) is 3.56. The van der Waals surface area contributed by atoms with E-state index in [9.17, 15) is 0 Å². The summed E-state index contributed by atoms with van der Waals surface area (Å²) in [5, 5.41) is 6.45. The van der Waals surface area contributed by atoms with Crippen LogP contribution in [-0.4, -0.2) is 35.2 Å². The second-order valence-electron chi connectivity index (χ2n) is 6.37. The number of benzene rings is 2. The Balaban J connectivity index is 1.54. The molecule has 1 fully saturated rings. The summed E-state index contributed by atoms with van der Waals surface area (Å²) in [6.45, 7) is 4.70. The molecule has 1 aliphatic rings. The van der Waals surface area contributed by atoms with Gasteiger partial charge in [0.2, 0.25) is 5.89 Å². The minimum absolute atomic E-state index is 0.355. The third-order valence-corrected chi connectivity index (χ3v) is 4.74. The normalized spacial score (nSPS) is 18.3. The Morgan fingerprint density at radius 3 is 2.92 bits per heavy atom. The maximum absolute atomic E-state index is 5.72. The molecule has 1 atom stereocenters. The van der Waals surface area contributed by atoms with E-state index >= 15 is 0 Å². The van der Waals surface area contributed by atoms with Gasteiger partial charge in [-0.3, -0.25) is 4.90 Å². The number of methoxy groups -OCH3 is 1. The molecule has 1 aliphatic heterocycles. The van der Waals surface area contributed by atoms with E-state index in [4.69, 9.17) is 9.26 Å².